The molecule has 6 heteroatoms. The number of nitriles is 1. The molecule has 0 aliphatic rings. The summed E-state index contributed by atoms with van der Waals surface area (Å²) in [5, 5.41) is 14.7. The van der Waals surface area contributed by atoms with Gasteiger partial charge in [0.15, 0.2) is 0 Å². The van der Waals surface area contributed by atoms with Crippen molar-refractivity contribution < 1.29 is 9.53 Å². The quantitative estimate of drug-likeness (QED) is 0.260. The highest BCUT2D eigenvalue weighted by Gasteiger charge is 2.07. The number of amides is 1. The van der Waals surface area contributed by atoms with Crippen LogP contribution in [0, 0.1) is 14.9 Å². The van der Waals surface area contributed by atoms with E-state index in [0.717, 1.165) is 35.1 Å². The number of hydrogen-bond donors (Lipinski definition) is 2. The molecular weight excluding hydrogens is 405 g/mol. The molecule has 1 aromatic carbocycles. The van der Waals surface area contributed by atoms with Crippen LogP contribution in [0.25, 0.3) is 0 Å². The van der Waals surface area contributed by atoms with Crippen molar-refractivity contribution in [3.8, 4) is 6.07 Å². The van der Waals surface area contributed by atoms with Crippen molar-refractivity contribution in [1.29, 1.82) is 5.26 Å². The standard InChI is InChI=1S/C17H22IN3O2/c1-2-3-10-23-11-4-9-20-17(22)14(12-19)13-21-16-7-5-15(18)6-8-16/h5-8,13,21H,2-4,9-11H2,1H3,(H,20,22)/b14-13-. The van der Waals surface area contributed by atoms with E-state index >= 15 is 0 Å². The molecule has 0 fully saturated rings. The van der Waals surface area contributed by atoms with Crippen molar-refractivity contribution in [2.24, 2.45) is 0 Å². The van der Waals surface area contributed by atoms with Crippen molar-refractivity contribution >= 4 is 34.2 Å². The number of nitrogens with zero attached hydrogens (tertiary/aromatic N) is 1. The van der Waals surface area contributed by atoms with Gasteiger partial charge in [-0.05, 0) is 59.7 Å². The number of hydrogen-bond acceptors (Lipinski definition) is 4. The number of anilines is 1. The molecule has 0 saturated carbocycles. The first-order valence-corrected chi connectivity index (χ1v) is 8.73. The van der Waals surface area contributed by atoms with E-state index in [1.54, 1.807) is 0 Å². The molecule has 23 heavy (non-hydrogen) atoms. The molecule has 1 rings (SSSR count). The van der Waals surface area contributed by atoms with E-state index in [1.807, 2.05) is 30.3 Å². The molecule has 2 N–H and O–H groups in total. The number of rotatable bonds is 10. The summed E-state index contributed by atoms with van der Waals surface area (Å²) < 4.78 is 6.54. The molecule has 1 aromatic rings. The fraction of sp³-hybridized carbons (Fsp3) is 0.412. The lowest BCUT2D eigenvalue weighted by Gasteiger charge is -2.06. The van der Waals surface area contributed by atoms with Crippen LogP contribution in [0.15, 0.2) is 36.0 Å². The Bertz CT molecular complexity index is 550. The van der Waals surface area contributed by atoms with Crippen molar-refractivity contribution in [2.45, 2.75) is 26.2 Å². The lowest BCUT2D eigenvalue weighted by Crippen LogP contribution is -2.26. The highest BCUT2D eigenvalue weighted by atomic mass is 127. The summed E-state index contributed by atoms with van der Waals surface area (Å²) in [4.78, 5) is 11.9. The Morgan fingerprint density at radius 1 is 1.30 bits per heavy atom. The maximum Gasteiger partial charge on any atom is 0.263 e. The van der Waals surface area contributed by atoms with Crippen LogP contribution in [0.2, 0.25) is 0 Å². The van der Waals surface area contributed by atoms with Crippen LogP contribution >= 0.6 is 22.6 Å². The Morgan fingerprint density at radius 3 is 2.65 bits per heavy atom. The molecule has 0 aliphatic heterocycles. The van der Waals surface area contributed by atoms with Gasteiger partial charge in [-0.3, -0.25) is 4.79 Å². The summed E-state index contributed by atoms with van der Waals surface area (Å²) in [6, 6.07) is 9.57. The molecule has 0 aromatic heterocycles. The first-order valence-electron chi connectivity index (χ1n) is 7.65. The third kappa shape index (κ3) is 8.57. The molecule has 0 atom stereocenters. The Labute approximate surface area is 151 Å². The fourth-order valence-electron chi connectivity index (χ4n) is 1.67. The topological polar surface area (TPSA) is 74.1 Å². The predicted molar refractivity (Wildman–Crippen MR) is 99.8 cm³/mol. The highest BCUT2D eigenvalue weighted by molar-refractivity contribution is 14.1. The Balaban J connectivity index is 2.32. The molecule has 5 nitrogen and oxygen atoms in total. The number of nitrogens with one attached hydrogen (secondary N) is 2. The van der Waals surface area contributed by atoms with E-state index in [-0.39, 0.29) is 11.5 Å². The molecule has 0 bridgehead atoms. The normalized spacial score (nSPS) is 10.9. The van der Waals surface area contributed by atoms with E-state index < -0.39 is 0 Å². The smallest absolute Gasteiger partial charge is 0.263 e. The van der Waals surface area contributed by atoms with E-state index in [2.05, 4.69) is 40.1 Å². The summed E-state index contributed by atoms with van der Waals surface area (Å²) in [6.07, 6.45) is 4.33. The van der Waals surface area contributed by atoms with Gasteiger partial charge in [-0.1, -0.05) is 13.3 Å². The van der Waals surface area contributed by atoms with Gasteiger partial charge in [0.1, 0.15) is 11.6 Å². The monoisotopic (exact) mass is 427 g/mol. The number of carbonyl (C=O) groups is 1. The van der Waals surface area contributed by atoms with Crippen LogP contribution in [0.5, 0.6) is 0 Å². The van der Waals surface area contributed by atoms with E-state index in [1.165, 1.54) is 6.20 Å². The summed E-state index contributed by atoms with van der Waals surface area (Å²) in [5.41, 5.74) is 0.880. The van der Waals surface area contributed by atoms with Crippen molar-refractivity contribution in [3.63, 3.8) is 0 Å². The van der Waals surface area contributed by atoms with Crippen molar-refractivity contribution in [3.05, 3.63) is 39.6 Å². The van der Waals surface area contributed by atoms with E-state index in [0.29, 0.717) is 13.2 Å². The van der Waals surface area contributed by atoms with Gasteiger partial charge >= 0.3 is 0 Å². The Hall–Kier alpha value is -1.59. The minimum Gasteiger partial charge on any atom is -0.381 e. The van der Waals surface area contributed by atoms with Crippen LogP contribution in [-0.2, 0) is 9.53 Å². The van der Waals surface area contributed by atoms with E-state index in [4.69, 9.17) is 10.00 Å². The second-order valence-electron chi connectivity index (χ2n) is 4.90. The second-order valence-corrected chi connectivity index (χ2v) is 6.14. The van der Waals surface area contributed by atoms with Gasteiger partial charge in [-0.15, -0.1) is 0 Å². The summed E-state index contributed by atoms with van der Waals surface area (Å²) in [7, 11) is 0. The van der Waals surface area contributed by atoms with Crippen molar-refractivity contribution in [1.82, 2.24) is 5.32 Å². The highest BCUT2D eigenvalue weighted by Crippen LogP contribution is 2.11. The van der Waals surface area contributed by atoms with Gasteiger partial charge in [0.2, 0.25) is 0 Å². The minimum absolute atomic E-state index is 0.0513. The fourth-order valence-corrected chi connectivity index (χ4v) is 2.03. The largest absolute Gasteiger partial charge is 0.381 e. The molecule has 124 valence electrons. The van der Waals surface area contributed by atoms with Gasteiger partial charge in [0, 0.05) is 35.2 Å². The van der Waals surface area contributed by atoms with Crippen LogP contribution in [0.4, 0.5) is 5.69 Å². The average molecular weight is 427 g/mol. The lowest BCUT2D eigenvalue weighted by atomic mass is 10.2. The number of unbranched alkanes of at least 4 members (excludes halogenated alkanes) is 1. The number of benzene rings is 1. The minimum atomic E-state index is -0.376. The molecule has 0 unspecified atom stereocenters. The molecule has 0 heterocycles. The molecule has 0 radical (unpaired) electrons. The van der Waals surface area contributed by atoms with Crippen LogP contribution < -0.4 is 10.6 Å². The zero-order valence-corrected chi connectivity index (χ0v) is 15.4. The summed E-state index contributed by atoms with van der Waals surface area (Å²) >= 11 is 2.22. The second kappa shape index (κ2) is 11.9. The maximum absolute atomic E-state index is 11.9. The van der Waals surface area contributed by atoms with Gasteiger partial charge in [-0.25, -0.2) is 0 Å². The Morgan fingerprint density at radius 2 is 2.00 bits per heavy atom. The molecule has 1 amide bonds. The third-order valence-electron chi connectivity index (χ3n) is 2.99. The number of carbonyl (C=O) groups excluding carboxylic acids is 1. The third-order valence-corrected chi connectivity index (χ3v) is 3.70. The van der Waals surface area contributed by atoms with Crippen LogP contribution in [0.3, 0.4) is 0 Å². The van der Waals surface area contributed by atoms with Gasteiger partial charge in [0.05, 0.1) is 0 Å². The predicted octanol–water partition coefficient (Wildman–Crippen LogP) is 3.43. The van der Waals surface area contributed by atoms with Crippen LogP contribution in [-0.4, -0.2) is 25.7 Å². The van der Waals surface area contributed by atoms with Gasteiger partial charge < -0.3 is 15.4 Å². The first-order chi connectivity index (χ1) is 11.2. The molecular formula is C17H22IN3O2. The zero-order chi connectivity index (χ0) is 16.9. The van der Waals surface area contributed by atoms with Crippen LogP contribution in [0.1, 0.15) is 26.2 Å². The Kier molecular flexibility index (Phi) is 10.1. The summed E-state index contributed by atoms with van der Waals surface area (Å²) in [5.74, 6) is -0.376. The first kappa shape index (κ1) is 19.5. The van der Waals surface area contributed by atoms with Gasteiger partial charge in [-0.2, -0.15) is 5.26 Å². The number of halogens is 1. The van der Waals surface area contributed by atoms with E-state index in [9.17, 15) is 4.79 Å². The molecule has 0 spiro atoms. The SMILES string of the molecule is CCCCOCCCNC(=O)/C(C#N)=C\Nc1ccc(I)cc1. The molecule has 0 aliphatic carbocycles. The lowest BCUT2D eigenvalue weighted by molar-refractivity contribution is -0.117. The summed E-state index contributed by atoms with van der Waals surface area (Å²) in [6.45, 7) is 3.98. The zero-order valence-electron chi connectivity index (χ0n) is 13.3. The van der Waals surface area contributed by atoms with Crippen molar-refractivity contribution in [2.75, 3.05) is 25.1 Å². The number of ether oxygens (including phenoxy) is 1. The average Bonchev–Trinajstić information content (AvgIpc) is 2.56. The van der Waals surface area contributed by atoms with Gasteiger partial charge in [0.25, 0.3) is 5.91 Å². The molecule has 0 saturated heterocycles. The maximum atomic E-state index is 11.9.